The van der Waals surface area contributed by atoms with Crippen molar-refractivity contribution in [3.8, 4) is 0 Å². The van der Waals surface area contributed by atoms with E-state index in [1.807, 2.05) is 6.92 Å². The van der Waals surface area contributed by atoms with E-state index in [4.69, 9.17) is 0 Å². The Kier molecular flexibility index (Phi) is 7.00. The van der Waals surface area contributed by atoms with Crippen LogP contribution in [0, 0.1) is 13.8 Å². The molecule has 0 spiro atoms. The number of benzene rings is 1. The van der Waals surface area contributed by atoms with Gasteiger partial charge in [0.05, 0.1) is 6.10 Å². The molecule has 5 heteroatoms. The van der Waals surface area contributed by atoms with Gasteiger partial charge in [0.2, 0.25) is 11.8 Å². The van der Waals surface area contributed by atoms with Gasteiger partial charge in [-0.05, 0) is 45.6 Å². The summed E-state index contributed by atoms with van der Waals surface area (Å²) in [6.07, 6.45) is 2.20. The summed E-state index contributed by atoms with van der Waals surface area (Å²) in [6, 6.07) is 6.46. The van der Waals surface area contributed by atoms with Crippen LogP contribution < -0.4 is 5.32 Å². The standard InChI is InChI=1S/C20H30N2O3/c1-14-10-15(2)12-17(11-14)13-16(3)21-19(24)4-5-20(25)22-8-6-18(23)7-9-22/h10-12,16,18,23H,4-9,13H2,1-3H3,(H,21,24)/t16-/m0/s1. The first-order valence-corrected chi connectivity index (χ1v) is 9.16. The largest absolute Gasteiger partial charge is 0.393 e. The van der Waals surface area contributed by atoms with Crippen LogP contribution in [-0.2, 0) is 16.0 Å². The topological polar surface area (TPSA) is 69.6 Å². The first-order valence-electron chi connectivity index (χ1n) is 9.16. The van der Waals surface area contributed by atoms with Crippen molar-refractivity contribution in [2.24, 2.45) is 0 Å². The molecule has 0 bridgehead atoms. The van der Waals surface area contributed by atoms with Gasteiger partial charge in [-0.3, -0.25) is 9.59 Å². The maximum absolute atomic E-state index is 12.1. The van der Waals surface area contributed by atoms with Crippen molar-refractivity contribution in [2.75, 3.05) is 13.1 Å². The third-order valence-corrected chi connectivity index (χ3v) is 4.61. The number of carbonyl (C=O) groups excluding carboxylic acids is 2. The lowest BCUT2D eigenvalue weighted by Crippen LogP contribution is -2.41. The van der Waals surface area contributed by atoms with Crippen LogP contribution in [0.25, 0.3) is 0 Å². The molecule has 1 aliphatic heterocycles. The SMILES string of the molecule is Cc1cc(C)cc(C[C@H](C)NC(=O)CCC(=O)N2CCC(O)CC2)c1. The van der Waals surface area contributed by atoms with E-state index in [9.17, 15) is 14.7 Å². The number of likely N-dealkylation sites (tertiary alicyclic amines) is 1. The van der Waals surface area contributed by atoms with Crippen molar-refractivity contribution in [1.82, 2.24) is 10.2 Å². The van der Waals surface area contributed by atoms with Crippen LogP contribution in [0.5, 0.6) is 0 Å². The summed E-state index contributed by atoms with van der Waals surface area (Å²) in [6.45, 7) is 7.31. The number of piperidine rings is 1. The van der Waals surface area contributed by atoms with Crippen LogP contribution in [0.2, 0.25) is 0 Å². The van der Waals surface area contributed by atoms with Crippen LogP contribution in [0.3, 0.4) is 0 Å². The first kappa shape index (κ1) is 19.4. The lowest BCUT2D eigenvalue weighted by atomic mass is 10.0. The maximum Gasteiger partial charge on any atom is 0.223 e. The first-order chi connectivity index (χ1) is 11.8. The zero-order valence-electron chi connectivity index (χ0n) is 15.5. The molecule has 1 saturated heterocycles. The van der Waals surface area contributed by atoms with E-state index in [-0.39, 0.29) is 36.8 Å². The van der Waals surface area contributed by atoms with Gasteiger partial charge in [-0.25, -0.2) is 0 Å². The van der Waals surface area contributed by atoms with E-state index in [2.05, 4.69) is 37.4 Å². The Hall–Kier alpha value is -1.88. The third kappa shape index (κ3) is 6.50. The van der Waals surface area contributed by atoms with Gasteiger partial charge in [0.15, 0.2) is 0 Å². The molecule has 5 nitrogen and oxygen atoms in total. The molecule has 0 aromatic heterocycles. The molecule has 1 aromatic carbocycles. The van der Waals surface area contributed by atoms with Crippen LogP contribution in [-0.4, -0.2) is 47.1 Å². The molecule has 2 N–H and O–H groups in total. The molecule has 0 saturated carbocycles. The van der Waals surface area contributed by atoms with Gasteiger partial charge in [0, 0.05) is 32.0 Å². The summed E-state index contributed by atoms with van der Waals surface area (Å²) in [5.41, 5.74) is 3.67. The number of carbonyl (C=O) groups is 2. The van der Waals surface area contributed by atoms with Crippen LogP contribution >= 0.6 is 0 Å². The second kappa shape index (κ2) is 8.99. The van der Waals surface area contributed by atoms with Crippen molar-refractivity contribution in [3.63, 3.8) is 0 Å². The van der Waals surface area contributed by atoms with Crippen LogP contribution in [0.15, 0.2) is 18.2 Å². The highest BCUT2D eigenvalue weighted by Gasteiger charge is 2.21. The molecule has 1 atom stereocenters. The van der Waals surface area contributed by atoms with Gasteiger partial charge in [0.25, 0.3) is 0 Å². The molecule has 0 unspecified atom stereocenters. The minimum absolute atomic E-state index is 0.00371. The normalized spacial score (nSPS) is 16.6. The van der Waals surface area contributed by atoms with E-state index in [0.29, 0.717) is 25.9 Å². The Morgan fingerprint density at radius 3 is 2.36 bits per heavy atom. The molecule has 1 aliphatic rings. The zero-order valence-corrected chi connectivity index (χ0v) is 15.5. The molecule has 2 amide bonds. The number of aliphatic hydroxyl groups excluding tert-OH is 1. The number of nitrogens with one attached hydrogen (secondary N) is 1. The van der Waals surface area contributed by atoms with Crippen LogP contribution in [0.1, 0.15) is 49.3 Å². The highest BCUT2D eigenvalue weighted by molar-refractivity contribution is 5.84. The summed E-state index contributed by atoms with van der Waals surface area (Å²) >= 11 is 0. The van der Waals surface area contributed by atoms with E-state index >= 15 is 0 Å². The van der Waals surface area contributed by atoms with Gasteiger partial charge >= 0.3 is 0 Å². The maximum atomic E-state index is 12.1. The highest BCUT2D eigenvalue weighted by atomic mass is 16.3. The van der Waals surface area contributed by atoms with E-state index in [1.54, 1.807) is 4.90 Å². The Balaban J connectivity index is 1.73. The quantitative estimate of drug-likeness (QED) is 0.829. The molecule has 0 aliphatic carbocycles. The van der Waals surface area contributed by atoms with Crippen molar-refractivity contribution in [2.45, 2.75) is 65.0 Å². The Bertz CT molecular complexity index is 587. The molecule has 1 aromatic rings. The van der Waals surface area contributed by atoms with Crippen molar-refractivity contribution < 1.29 is 14.7 Å². The van der Waals surface area contributed by atoms with Crippen molar-refractivity contribution >= 4 is 11.8 Å². The number of aryl methyl sites for hydroxylation is 2. The fourth-order valence-electron chi connectivity index (χ4n) is 3.43. The Morgan fingerprint density at radius 1 is 1.16 bits per heavy atom. The average Bonchev–Trinajstić information content (AvgIpc) is 2.52. The Labute approximate surface area is 150 Å². The van der Waals surface area contributed by atoms with Gasteiger partial charge in [0.1, 0.15) is 0 Å². The second-order valence-electron chi connectivity index (χ2n) is 7.28. The van der Waals surface area contributed by atoms with Crippen molar-refractivity contribution in [3.05, 3.63) is 34.9 Å². The van der Waals surface area contributed by atoms with E-state index < -0.39 is 0 Å². The fourth-order valence-corrected chi connectivity index (χ4v) is 3.43. The predicted octanol–water partition coefficient (Wildman–Crippen LogP) is 2.11. The minimum Gasteiger partial charge on any atom is -0.393 e. The van der Waals surface area contributed by atoms with Crippen LogP contribution in [0.4, 0.5) is 0 Å². The summed E-state index contributed by atoms with van der Waals surface area (Å²) < 4.78 is 0. The lowest BCUT2D eigenvalue weighted by molar-refractivity contribution is -0.135. The lowest BCUT2D eigenvalue weighted by Gasteiger charge is -2.29. The number of hydrogen-bond donors (Lipinski definition) is 2. The smallest absolute Gasteiger partial charge is 0.223 e. The molecule has 0 radical (unpaired) electrons. The molecular formula is C20H30N2O3. The molecule has 1 heterocycles. The predicted molar refractivity (Wildman–Crippen MR) is 98.3 cm³/mol. The zero-order chi connectivity index (χ0) is 18.4. The molecule has 138 valence electrons. The van der Waals surface area contributed by atoms with Gasteiger partial charge < -0.3 is 15.3 Å². The van der Waals surface area contributed by atoms with E-state index in [0.717, 1.165) is 6.42 Å². The molecule has 2 rings (SSSR count). The Morgan fingerprint density at radius 2 is 1.76 bits per heavy atom. The number of amides is 2. The molecular weight excluding hydrogens is 316 g/mol. The minimum atomic E-state index is -0.293. The van der Waals surface area contributed by atoms with Gasteiger partial charge in [-0.15, -0.1) is 0 Å². The van der Waals surface area contributed by atoms with Crippen molar-refractivity contribution in [1.29, 1.82) is 0 Å². The van der Waals surface area contributed by atoms with Gasteiger partial charge in [-0.2, -0.15) is 0 Å². The summed E-state index contributed by atoms with van der Waals surface area (Å²) in [5, 5.41) is 12.5. The number of aliphatic hydroxyl groups is 1. The second-order valence-corrected chi connectivity index (χ2v) is 7.28. The van der Waals surface area contributed by atoms with E-state index in [1.165, 1.54) is 16.7 Å². The number of hydrogen-bond acceptors (Lipinski definition) is 3. The fraction of sp³-hybridized carbons (Fsp3) is 0.600. The summed E-state index contributed by atoms with van der Waals surface area (Å²) in [7, 11) is 0. The molecule has 25 heavy (non-hydrogen) atoms. The number of nitrogens with zero attached hydrogens (tertiary/aromatic N) is 1. The monoisotopic (exact) mass is 346 g/mol. The summed E-state index contributed by atoms with van der Waals surface area (Å²) in [5.74, 6) is -0.0775. The average molecular weight is 346 g/mol. The summed E-state index contributed by atoms with van der Waals surface area (Å²) in [4.78, 5) is 26.0. The number of rotatable bonds is 6. The third-order valence-electron chi connectivity index (χ3n) is 4.61. The molecule has 1 fully saturated rings. The highest BCUT2D eigenvalue weighted by Crippen LogP contribution is 2.13. The van der Waals surface area contributed by atoms with Gasteiger partial charge in [-0.1, -0.05) is 29.3 Å².